The molecule has 4 nitrogen and oxygen atoms in total. The highest BCUT2D eigenvalue weighted by molar-refractivity contribution is 5.63. The first-order chi connectivity index (χ1) is 8.68. The Hall–Kier alpha value is -2.36. The van der Waals surface area contributed by atoms with Crippen LogP contribution in [0.15, 0.2) is 43.9 Å². The van der Waals surface area contributed by atoms with Gasteiger partial charge in [0.15, 0.2) is 0 Å². The molecule has 4 heteroatoms. The van der Waals surface area contributed by atoms with E-state index in [1.165, 1.54) is 0 Å². The summed E-state index contributed by atoms with van der Waals surface area (Å²) in [6.07, 6.45) is 5.32. The Kier molecular flexibility index (Phi) is 3.57. The van der Waals surface area contributed by atoms with Crippen molar-refractivity contribution in [2.24, 2.45) is 0 Å². The fourth-order valence-corrected chi connectivity index (χ4v) is 1.66. The van der Waals surface area contributed by atoms with E-state index in [4.69, 9.17) is 0 Å². The Morgan fingerprint density at radius 2 is 2.22 bits per heavy atom. The number of H-pyrrole nitrogens is 1. The first kappa shape index (κ1) is 12.1. The molecule has 0 unspecified atom stereocenters. The minimum atomic E-state index is 0.659. The number of nitrogens with zero attached hydrogens (tertiary/aromatic N) is 2. The normalized spacial score (nSPS) is 10.1. The van der Waals surface area contributed by atoms with E-state index in [9.17, 15) is 0 Å². The first-order valence-corrected chi connectivity index (χ1v) is 5.70. The summed E-state index contributed by atoms with van der Waals surface area (Å²) in [5.41, 5.74) is 4.85. The van der Waals surface area contributed by atoms with Gasteiger partial charge in [-0.25, -0.2) is 0 Å². The van der Waals surface area contributed by atoms with Crippen LogP contribution in [0.1, 0.15) is 23.7 Å². The number of hydrogen-bond acceptors (Lipinski definition) is 3. The topological polar surface area (TPSA) is 53.6 Å². The van der Waals surface area contributed by atoms with E-state index in [0.29, 0.717) is 6.54 Å². The van der Waals surface area contributed by atoms with Crippen LogP contribution >= 0.6 is 0 Å². The van der Waals surface area contributed by atoms with Crippen molar-refractivity contribution >= 4 is 11.3 Å². The second-order valence-electron chi connectivity index (χ2n) is 4.12. The van der Waals surface area contributed by atoms with E-state index in [1.807, 2.05) is 19.1 Å². The molecule has 0 radical (unpaired) electrons. The maximum atomic E-state index is 4.06. The van der Waals surface area contributed by atoms with Crippen LogP contribution in [0, 0.1) is 0 Å². The summed E-state index contributed by atoms with van der Waals surface area (Å²) in [5, 5.41) is 10.2. The Morgan fingerprint density at radius 3 is 2.89 bits per heavy atom. The number of aromatic nitrogens is 3. The Labute approximate surface area is 106 Å². The van der Waals surface area contributed by atoms with Crippen molar-refractivity contribution in [2.45, 2.75) is 13.5 Å². The van der Waals surface area contributed by atoms with Gasteiger partial charge in [-0.2, -0.15) is 5.10 Å². The average molecular weight is 240 g/mol. The van der Waals surface area contributed by atoms with Crippen LogP contribution in [-0.4, -0.2) is 15.2 Å². The molecule has 92 valence electrons. The first-order valence-electron chi connectivity index (χ1n) is 5.70. The molecule has 2 heterocycles. The molecule has 2 rings (SSSR count). The maximum absolute atomic E-state index is 4.06. The SMILES string of the molecule is C=C(NCc1cn[nH]c1C(=C)C)c1cccnc1. The molecule has 0 saturated heterocycles. The van der Waals surface area contributed by atoms with Crippen LogP contribution < -0.4 is 5.32 Å². The van der Waals surface area contributed by atoms with Gasteiger partial charge < -0.3 is 5.32 Å². The molecular formula is C14H16N4. The number of pyridine rings is 1. The quantitative estimate of drug-likeness (QED) is 0.844. The zero-order valence-electron chi connectivity index (χ0n) is 10.4. The standard InChI is InChI=1S/C14H16N4/c1-10(2)14-13(9-17-18-14)8-16-11(3)12-5-4-6-15-7-12/h4-7,9,16H,1,3,8H2,2H3,(H,17,18). The zero-order valence-corrected chi connectivity index (χ0v) is 10.4. The van der Waals surface area contributed by atoms with Gasteiger partial charge in [0.1, 0.15) is 0 Å². The number of allylic oxidation sites excluding steroid dienone is 1. The van der Waals surface area contributed by atoms with Gasteiger partial charge in [-0.15, -0.1) is 0 Å². The van der Waals surface area contributed by atoms with Crippen LogP contribution in [0.3, 0.4) is 0 Å². The molecule has 0 saturated carbocycles. The number of rotatable bonds is 5. The average Bonchev–Trinajstić information content (AvgIpc) is 2.85. The molecule has 0 aromatic carbocycles. The Balaban J connectivity index is 2.02. The van der Waals surface area contributed by atoms with Crippen LogP contribution in [0.2, 0.25) is 0 Å². The van der Waals surface area contributed by atoms with E-state index < -0.39 is 0 Å². The highest BCUT2D eigenvalue weighted by Crippen LogP contribution is 2.15. The molecule has 0 amide bonds. The van der Waals surface area contributed by atoms with E-state index >= 15 is 0 Å². The molecule has 0 spiro atoms. The Morgan fingerprint density at radius 1 is 1.39 bits per heavy atom. The van der Waals surface area contributed by atoms with Crippen LogP contribution in [0.25, 0.3) is 11.3 Å². The smallest absolute Gasteiger partial charge is 0.0650 e. The monoisotopic (exact) mass is 240 g/mol. The summed E-state index contributed by atoms with van der Waals surface area (Å²) in [6.45, 7) is 10.5. The van der Waals surface area contributed by atoms with Gasteiger partial charge in [0.05, 0.1) is 11.9 Å². The third kappa shape index (κ3) is 2.66. The largest absolute Gasteiger partial charge is 0.381 e. The van der Waals surface area contributed by atoms with Gasteiger partial charge >= 0.3 is 0 Å². The van der Waals surface area contributed by atoms with Gasteiger partial charge in [-0.3, -0.25) is 10.1 Å². The number of nitrogens with one attached hydrogen (secondary N) is 2. The zero-order chi connectivity index (χ0) is 13.0. The predicted octanol–water partition coefficient (Wildman–Crippen LogP) is 2.60. The fourth-order valence-electron chi connectivity index (χ4n) is 1.66. The van der Waals surface area contributed by atoms with Crippen molar-refractivity contribution in [3.05, 3.63) is 60.7 Å². The minimum Gasteiger partial charge on any atom is -0.381 e. The van der Waals surface area contributed by atoms with Crippen molar-refractivity contribution in [1.82, 2.24) is 20.5 Å². The lowest BCUT2D eigenvalue weighted by Gasteiger charge is -2.09. The summed E-state index contributed by atoms with van der Waals surface area (Å²) in [6, 6.07) is 3.86. The van der Waals surface area contributed by atoms with Crippen LogP contribution in [0.5, 0.6) is 0 Å². The summed E-state index contributed by atoms with van der Waals surface area (Å²) >= 11 is 0. The molecule has 0 fully saturated rings. The highest BCUT2D eigenvalue weighted by atomic mass is 15.1. The highest BCUT2D eigenvalue weighted by Gasteiger charge is 2.06. The lowest BCUT2D eigenvalue weighted by Crippen LogP contribution is -2.11. The molecule has 0 aliphatic carbocycles. The van der Waals surface area contributed by atoms with Crippen molar-refractivity contribution < 1.29 is 0 Å². The second kappa shape index (κ2) is 5.31. The molecule has 2 aromatic rings. The van der Waals surface area contributed by atoms with Crippen molar-refractivity contribution in [1.29, 1.82) is 0 Å². The predicted molar refractivity (Wildman–Crippen MR) is 73.4 cm³/mol. The van der Waals surface area contributed by atoms with E-state index in [1.54, 1.807) is 18.6 Å². The molecule has 2 N–H and O–H groups in total. The van der Waals surface area contributed by atoms with Gasteiger partial charge in [-0.05, 0) is 24.6 Å². The van der Waals surface area contributed by atoms with Gasteiger partial charge in [0.2, 0.25) is 0 Å². The summed E-state index contributed by atoms with van der Waals surface area (Å²) in [4.78, 5) is 4.06. The lowest BCUT2D eigenvalue weighted by atomic mass is 10.1. The minimum absolute atomic E-state index is 0.659. The van der Waals surface area contributed by atoms with E-state index in [-0.39, 0.29) is 0 Å². The second-order valence-corrected chi connectivity index (χ2v) is 4.12. The van der Waals surface area contributed by atoms with Gasteiger partial charge in [0, 0.05) is 35.8 Å². The van der Waals surface area contributed by atoms with E-state index in [0.717, 1.165) is 28.1 Å². The summed E-state index contributed by atoms with van der Waals surface area (Å²) in [5.74, 6) is 0. The molecular weight excluding hydrogens is 224 g/mol. The molecule has 18 heavy (non-hydrogen) atoms. The third-order valence-electron chi connectivity index (χ3n) is 2.65. The molecule has 0 bridgehead atoms. The molecule has 2 aromatic heterocycles. The lowest BCUT2D eigenvalue weighted by molar-refractivity contribution is 0.888. The Bertz CT molecular complexity index is 554. The van der Waals surface area contributed by atoms with Crippen molar-refractivity contribution in [2.75, 3.05) is 0 Å². The van der Waals surface area contributed by atoms with Gasteiger partial charge in [0.25, 0.3) is 0 Å². The van der Waals surface area contributed by atoms with Crippen LogP contribution in [-0.2, 0) is 6.54 Å². The summed E-state index contributed by atoms with van der Waals surface area (Å²) in [7, 11) is 0. The molecule has 0 aliphatic rings. The third-order valence-corrected chi connectivity index (χ3v) is 2.65. The fraction of sp³-hybridized carbons (Fsp3) is 0.143. The molecule has 0 aliphatic heterocycles. The number of hydrogen-bond donors (Lipinski definition) is 2. The van der Waals surface area contributed by atoms with Crippen LogP contribution in [0.4, 0.5) is 0 Å². The maximum Gasteiger partial charge on any atom is 0.0650 e. The van der Waals surface area contributed by atoms with Crippen molar-refractivity contribution in [3.63, 3.8) is 0 Å². The molecule has 0 atom stereocenters. The van der Waals surface area contributed by atoms with E-state index in [2.05, 4.69) is 33.7 Å². The number of aromatic amines is 1. The summed E-state index contributed by atoms with van der Waals surface area (Å²) < 4.78 is 0. The van der Waals surface area contributed by atoms with Gasteiger partial charge in [-0.1, -0.05) is 13.2 Å². The van der Waals surface area contributed by atoms with Crippen molar-refractivity contribution in [3.8, 4) is 0 Å².